The number of aliphatic carboxylic acids is 1. The summed E-state index contributed by atoms with van der Waals surface area (Å²) in [5.74, 6) is -1.01. The Morgan fingerprint density at radius 1 is 1.40 bits per heavy atom. The number of carboxylic acids is 1. The van der Waals surface area contributed by atoms with Gasteiger partial charge in [-0.15, -0.1) is 0 Å². The first-order chi connectivity index (χ1) is 4.72. The first kappa shape index (κ1) is 7.54. The lowest BCUT2D eigenvalue weighted by molar-refractivity contribution is -0.143. The van der Waals surface area contributed by atoms with Crippen LogP contribution in [0.2, 0.25) is 0 Å². The van der Waals surface area contributed by atoms with Gasteiger partial charge in [-0.3, -0.25) is 4.79 Å². The van der Waals surface area contributed by atoms with E-state index >= 15 is 0 Å². The molecule has 0 amide bonds. The summed E-state index contributed by atoms with van der Waals surface area (Å²) >= 11 is 0. The summed E-state index contributed by atoms with van der Waals surface area (Å²) in [5, 5.41) is 8.63. The Kier molecular flexibility index (Phi) is 2.27. The molecule has 0 aliphatic heterocycles. The van der Waals surface area contributed by atoms with E-state index in [0.29, 0.717) is 0 Å². The minimum atomic E-state index is -0.729. The maximum absolute atomic E-state index is 10.5. The molecule has 2 atom stereocenters. The number of rotatable bonds is 1. The van der Waals surface area contributed by atoms with Gasteiger partial charge in [-0.05, 0) is 12.8 Å². The topological polar surface area (TPSA) is 63.3 Å². The van der Waals surface area contributed by atoms with E-state index in [-0.39, 0.29) is 12.0 Å². The van der Waals surface area contributed by atoms with Crippen molar-refractivity contribution in [3.05, 3.63) is 0 Å². The van der Waals surface area contributed by atoms with E-state index in [0.717, 1.165) is 25.7 Å². The van der Waals surface area contributed by atoms with Crippen LogP contribution in [0, 0.1) is 5.92 Å². The summed E-state index contributed by atoms with van der Waals surface area (Å²) in [6.07, 6.45) is 3.74. The Labute approximate surface area is 60.2 Å². The standard InChI is InChI=1S/C7H13NO2/c8-6-4-2-1-3-5(6)7(9)10/h5-6H,1-4,8H2,(H,9,10)/t5-,6+/m0/s1. The molecule has 1 aliphatic carbocycles. The van der Waals surface area contributed by atoms with E-state index < -0.39 is 5.97 Å². The number of hydrogen-bond donors (Lipinski definition) is 2. The highest BCUT2D eigenvalue weighted by Gasteiger charge is 2.27. The van der Waals surface area contributed by atoms with Crippen LogP contribution in [-0.4, -0.2) is 17.1 Å². The van der Waals surface area contributed by atoms with Gasteiger partial charge in [0.25, 0.3) is 0 Å². The van der Waals surface area contributed by atoms with Gasteiger partial charge in [0.2, 0.25) is 0 Å². The van der Waals surface area contributed by atoms with Gasteiger partial charge in [-0.2, -0.15) is 0 Å². The summed E-state index contributed by atoms with van der Waals surface area (Å²) in [7, 11) is 0. The van der Waals surface area contributed by atoms with E-state index in [1.807, 2.05) is 0 Å². The highest BCUT2D eigenvalue weighted by molar-refractivity contribution is 5.70. The summed E-state index contributed by atoms with van der Waals surface area (Å²) < 4.78 is 0. The second kappa shape index (κ2) is 3.01. The Morgan fingerprint density at radius 2 is 2.00 bits per heavy atom. The van der Waals surface area contributed by atoms with Crippen LogP contribution in [0.15, 0.2) is 0 Å². The maximum atomic E-state index is 10.5. The molecule has 10 heavy (non-hydrogen) atoms. The van der Waals surface area contributed by atoms with Gasteiger partial charge in [0.05, 0.1) is 5.92 Å². The molecule has 1 saturated carbocycles. The van der Waals surface area contributed by atoms with Crippen LogP contribution in [0.3, 0.4) is 0 Å². The van der Waals surface area contributed by atoms with Crippen molar-refractivity contribution in [1.82, 2.24) is 0 Å². The summed E-state index contributed by atoms with van der Waals surface area (Å²) in [4.78, 5) is 10.5. The Bertz CT molecular complexity index is 136. The van der Waals surface area contributed by atoms with Crippen molar-refractivity contribution in [1.29, 1.82) is 0 Å². The smallest absolute Gasteiger partial charge is 0.308 e. The van der Waals surface area contributed by atoms with Gasteiger partial charge in [0.1, 0.15) is 0 Å². The molecule has 0 radical (unpaired) electrons. The van der Waals surface area contributed by atoms with Crippen molar-refractivity contribution in [2.24, 2.45) is 11.7 Å². The predicted molar refractivity (Wildman–Crippen MR) is 37.6 cm³/mol. The average Bonchev–Trinajstić information content (AvgIpc) is 1.88. The molecule has 1 aliphatic rings. The molecule has 3 heteroatoms. The van der Waals surface area contributed by atoms with Crippen molar-refractivity contribution in [3.8, 4) is 0 Å². The van der Waals surface area contributed by atoms with Gasteiger partial charge in [0, 0.05) is 6.04 Å². The van der Waals surface area contributed by atoms with Crippen LogP contribution < -0.4 is 5.73 Å². The Morgan fingerprint density at radius 3 is 2.40 bits per heavy atom. The van der Waals surface area contributed by atoms with E-state index in [1.54, 1.807) is 0 Å². The number of carbonyl (C=O) groups is 1. The number of carboxylic acid groups (broad SMARTS) is 1. The predicted octanol–water partition coefficient (Wildman–Crippen LogP) is 0.588. The lowest BCUT2D eigenvalue weighted by Crippen LogP contribution is -2.37. The van der Waals surface area contributed by atoms with Crippen LogP contribution in [0.5, 0.6) is 0 Å². The molecule has 0 saturated heterocycles. The quantitative estimate of drug-likeness (QED) is 0.564. The van der Waals surface area contributed by atoms with Gasteiger partial charge in [-0.1, -0.05) is 12.8 Å². The van der Waals surface area contributed by atoms with Gasteiger partial charge >= 0.3 is 5.97 Å². The first-order valence-corrected chi connectivity index (χ1v) is 3.70. The molecular weight excluding hydrogens is 130 g/mol. The molecule has 3 N–H and O–H groups in total. The van der Waals surface area contributed by atoms with Crippen LogP contribution in [-0.2, 0) is 4.79 Å². The Balaban J connectivity index is 2.47. The fourth-order valence-electron chi connectivity index (χ4n) is 1.47. The van der Waals surface area contributed by atoms with Gasteiger partial charge in [0.15, 0.2) is 0 Å². The molecule has 0 unspecified atom stereocenters. The largest absolute Gasteiger partial charge is 0.481 e. The van der Waals surface area contributed by atoms with Crippen molar-refractivity contribution >= 4 is 5.97 Å². The number of nitrogens with two attached hydrogens (primary N) is 1. The average molecular weight is 143 g/mol. The van der Waals surface area contributed by atoms with E-state index in [2.05, 4.69) is 0 Å². The van der Waals surface area contributed by atoms with Crippen LogP contribution >= 0.6 is 0 Å². The monoisotopic (exact) mass is 143 g/mol. The molecule has 0 aromatic rings. The third kappa shape index (κ3) is 1.48. The van der Waals surface area contributed by atoms with Crippen molar-refractivity contribution in [2.45, 2.75) is 31.7 Å². The second-order valence-corrected chi connectivity index (χ2v) is 2.89. The normalized spacial score (nSPS) is 33.7. The zero-order valence-corrected chi connectivity index (χ0v) is 5.92. The fourth-order valence-corrected chi connectivity index (χ4v) is 1.47. The summed E-state index contributed by atoms with van der Waals surface area (Å²) in [6, 6.07) is -0.105. The zero-order chi connectivity index (χ0) is 7.56. The Hall–Kier alpha value is -0.570. The van der Waals surface area contributed by atoms with Crippen LogP contribution in [0.25, 0.3) is 0 Å². The molecule has 1 rings (SSSR count). The molecule has 0 heterocycles. The maximum Gasteiger partial charge on any atom is 0.308 e. The molecule has 0 spiro atoms. The summed E-state index contributed by atoms with van der Waals surface area (Å²) in [6.45, 7) is 0. The van der Waals surface area contributed by atoms with Gasteiger partial charge < -0.3 is 10.8 Å². The van der Waals surface area contributed by atoms with Crippen molar-refractivity contribution < 1.29 is 9.90 Å². The molecule has 58 valence electrons. The zero-order valence-electron chi connectivity index (χ0n) is 5.92. The highest BCUT2D eigenvalue weighted by Crippen LogP contribution is 2.22. The fraction of sp³-hybridized carbons (Fsp3) is 0.857. The van der Waals surface area contributed by atoms with Gasteiger partial charge in [-0.25, -0.2) is 0 Å². The molecule has 0 aromatic carbocycles. The van der Waals surface area contributed by atoms with E-state index in [9.17, 15) is 4.79 Å². The van der Waals surface area contributed by atoms with E-state index in [4.69, 9.17) is 10.8 Å². The third-order valence-electron chi connectivity index (χ3n) is 2.14. The van der Waals surface area contributed by atoms with Crippen LogP contribution in [0.4, 0.5) is 0 Å². The van der Waals surface area contributed by atoms with Crippen molar-refractivity contribution in [2.75, 3.05) is 0 Å². The van der Waals surface area contributed by atoms with E-state index in [1.165, 1.54) is 0 Å². The minimum absolute atomic E-state index is 0.105. The third-order valence-corrected chi connectivity index (χ3v) is 2.14. The summed E-state index contributed by atoms with van der Waals surface area (Å²) in [5.41, 5.74) is 5.60. The number of hydrogen-bond acceptors (Lipinski definition) is 2. The molecule has 3 nitrogen and oxygen atoms in total. The van der Waals surface area contributed by atoms with Crippen LogP contribution in [0.1, 0.15) is 25.7 Å². The SMILES string of the molecule is N[C@@H]1CCCC[C@@H]1C(=O)O. The second-order valence-electron chi connectivity index (χ2n) is 2.89. The lowest BCUT2D eigenvalue weighted by Gasteiger charge is -2.24. The first-order valence-electron chi connectivity index (χ1n) is 3.70. The minimum Gasteiger partial charge on any atom is -0.481 e. The van der Waals surface area contributed by atoms with Crippen molar-refractivity contribution in [3.63, 3.8) is 0 Å². The molecule has 0 aromatic heterocycles. The lowest BCUT2D eigenvalue weighted by atomic mass is 9.85. The molecule has 0 bridgehead atoms. The molecule has 1 fully saturated rings. The molecular formula is C7H13NO2. The highest BCUT2D eigenvalue weighted by atomic mass is 16.4.